The second-order valence-corrected chi connectivity index (χ2v) is 6.80. The molecule has 0 bridgehead atoms. The SMILES string of the molecule is COc1ccccc1S(=O)(=O)NCC(=O)NCCc1ccccc1. The first-order valence-electron chi connectivity index (χ1n) is 7.46. The zero-order valence-corrected chi connectivity index (χ0v) is 14.2. The molecule has 7 heteroatoms. The molecule has 128 valence electrons. The van der Waals surface area contributed by atoms with E-state index in [9.17, 15) is 13.2 Å². The van der Waals surface area contributed by atoms with Gasteiger partial charge in [-0.15, -0.1) is 0 Å². The lowest BCUT2D eigenvalue weighted by Crippen LogP contribution is -2.37. The molecule has 0 heterocycles. The average Bonchev–Trinajstić information content (AvgIpc) is 2.61. The van der Waals surface area contributed by atoms with Gasteiger partial charge < -0.3 is 10.1 Å². The van der Waals surface area contributed by atoms with Crippen molar-refractivity contribution in [1.82, 2.24) is 10.0 Å². The molecule has 2 N–H and O–H groups in total. The van der Waals surface area contributed by atoms with Crippen molar-refractivity contribution in [2.24, 2.45) is 0 Å². The number of benzene rings is 2. The third-order valence-corrected chi connectivity index (χ3v) is 4.80. The standard InChI is InChI=1S/C17H20N2O4S/c1-23-15-9-5-6-10-16(15)24(21,22)19-13-17(20)18-12-11-14-7-3-2-4-8-14/h2-10,19H,11-13H2,1H3,(H,18,20). The summed E-state index contributed by atoms with van der Waals surface area (Å²) in [7, 11) is -2.42. The highest BCUT2D eigenvalue weighted by Crippen LogP contribution is 2.22. The Bertz CT molecular complexity index is 776. The van der Waals surface area contributed by atoms with E-state index in [1.807, 2.05) is 30.3 Å². The number of rotatable bonds is 8. The van der Waals surface area contributed by atoms with Crippen LogP contribution in [0.4, 0.5) is 0 Å². The first-order chi connectivity index (χ1) is 11.5. The van der Waals surface area contributed by atoms with Crippen LogP contribution in [0.5, 0.6) is 5.75 Å². The van der Waals surface area contributed by atoms with Crippen LogP contribution in [0, 0.1) is 0 Å². The minimum absolute atomic E-state index is 0.00425. The number of carbonyl (C=O) groups is 1. The second-order valence-electron chi connectivity index (χ2n) is 5.06. The number of hydrogen-bond acceptors (Lipinski definition) is 4. The molecule has 0 spiro atoms. The lowest BCUT2D eigenvalue weighted by atomic mass is 10.1. The fraction of sp³-hybridized carbons (Fsp3) is 0.235. The third-order valence-electron chi connectivity index (χ3n) is 3.36. The van der Waals surface area contributed by atoms with Gasteiger partial charge in [-0.05, 0) is 24.1 Å². The van der Waals surface area contributed by atoms with Crippen LogP contribution in [0.3, 0.4) is 0 Å². The molecule has 2 aromatic rings. The quantitative estimate of drug-likeness (QED) is 0.754. The van der Waals surface area contributed by atoms with E-state index < -0.39 is 10.0 Å². The van der Waals surface area contributed by atoms with Crippen molar-refractivity contribution >= 4 is 15.9 Å². The Labute approximate surface area is 141 Å². The number of para-hydroxylation sites is 1. The van der Waals surface area contributed by atoms with Gasteiger partial charge in [0.25, 0.3) is 0 Å². The molecule has 0 atom stereocenters. The van der Waals surface area contributed by atoms with Crippen molar-refractivity contribution in [2.75, 3.05) is 20.2 Å². The highest BCUT2D eigenvalue weighted by Gasteiger charge is 2.19. The second kappa shape index (κ2) is 8.47. The first-order valence-corrected chi connectivity index (χ1v) is 8.94. The fourth-order valence-corrected chi connectivity index (χ4v) is 3.28. The van der Waals surface area contributed by atoms with E-state index in [2.05, 4.69) is 10.0 Å². The van der Waals surface area contributed by atoms with Gasteiger partial charge in [-0.1, -0.05) is 42.5 Å². The van der Waals surface area contributed by atoms with Gasteiger partial charge in [-0.3, -0.25) is 4.79 Å². The summed E-state index contributed by atoms with van der Waals surface area (Å²) in [6, 6.07) is 16.0. The summed E-state index contributed by atoms with van der Waals surface area (Å²) in [5.74, 6) is -0.154. The Morgan fingerprint density at radius 1 is 1.04 bits per heavy atom. The van der Waals surface area contributed by atoms with Crippen molar-refractivity contribution in [2.45, 2.75) is 11.3 Å². The molecule has 0 aliphatic heterocycles. The molecular formula is C17H20N2O4S. The minimum Gasteiger partial charge on any atom is -0.495 e. The Balaban J connectivity index is 1.84. The van der Waals surface area contributed by atoms with Gasteiger partial charge in [0.1, 0.15) is 10.6 Å². The van der Waals surface area contributed by atoms with Crippen molar-refractivity contribution in [1.29, 1.82) is 0 Å². The Hall–Kier alpha value is -2.38. The van der Waals surface area contributed by atoms with Gasteiger partial charge in [-0.25, -0.2) is 13.1 Å². The van der Waals surface area contributed by atoms with Crippen LogP contribution >= 0.6 is 0 Å². The summed E-state index contributed by atoms with van der Waals surface area (Å²) < 4.78 is 31.8. The summed E-state index contributed by atoms with van der Waals surface area (Å²) >= 11 is 0. The zero-order chi connectivity index (χ0) is 17.4. The van der Waals surface area contributed by atoms with E-state index in [1.165, 1.54) is 13.2 Å². The minimum atomic E-state index is -3.81. The molecule has 0 unspecified atom stereocenters. The molecule has 6 nitrogen and oxygen atoms in total. The Morgan fingerprint density at radius 3 is 2.42 bits per heavy atom. The number of nitrogens with one attached hydrogen (secondary N) is 2. The van der Waals surface area contributed by atoms with Crippen LogP contribution in [0.2, 0.25) is 0 Å². The predicted octanol–water partition coefficient (Wildman–Crippen LogP) is 1.33. The van der Waals surface area contributed by atoms with E-state index in [0.717, 1.165) is 5.56 Å². The zero-order valence-electron chi connectivity index (χ0n) is 13.4. The van der Waals surface area contributed by atoms with Crippen LogP contribution in [-0.2, 0) is 21.2 Å². The molecule has 0 aliphatic rings. The number of methoxy groups -OCH3 is 1. The molecule has 24 heavy (non-hydrogen) atoms. The molecule has 0 saturated heterocycles. The van der Waals surface area contributed by atoms with Gasteiger partial charge in [0.2, 0.25) is 15.9 Å². The average molecular weight is 348 g/mol. The molecule has 0 fully saturated rings. The maximum atomic E-state index is 12.2. The first kappa shape index (κ1) is 18.0. The lowest BCUT2D eigenvalue weighted by Gasteiger charge is -2.10. The number of ether oxygens (including phenoxy) is 1. The highest BCUT2D eigenvalue weighted by molar-refractivity contribution is 7.89. The van der Waals surface area contributed by atoms with E-state index in [4.69, 9.17) is 4.74 Å². The van der Waals surface area contributed by atoms with Gasteiger partial charge >= 0.3 is 0 Å². The summed E-state index contributed by atoms with van der Waals surface area (Å²) in [5.41, 5.74) is 1.10. The monoisotopic (exact) mass is 348 g/mol. The molecule has 1 amide bonds. The third kappa shape index (κ3) is 5.07. The summed E-state index contributed by atoms with van der Waals surface area (Å²) in [5, 5.41) is 2.69. The van der Waals surface area contributed by atoms with E-state index in [0.29, 0.717) is 13.0 Å². The van der Waals surface area contributed by atoms with Crippen molar-refractivity contribution in [3.8, 4) is 5.75 Å². The van der Waals surface area contributed by atoms with E-state index in [1.54, 1.807) is 18.2 Å². The van der Waals surface area contributed by atoms with Crippen LogP contribution < -0.4 is 14.8 Å². The molecule has 0 aromatic heterocycles. The smallest absolute Gasteiger partial charge is 0.244 e. The van der Waals surface area contributed by atoms with Crippen LogP contribution in [0.25, 0.3) is 0 Å². The number of carbonyl (C=O) groups excluding carboxylic acids is 1. The fourth-order valence-electron chi connectivity index (χ4n) is 2.13. The summed E-state index contributed by atoms with van der Waals surface area (Å²) in [6.45, 7) is 0.119. The highest BCUT2D eigenvalue weighted by atomic mass is 32.2. The van der Waals surface area contributed by atoms with Crippen LogP contribution in [0.15, 0.2) is 59.5 Å². The number of hydrogen-bond donors (Lipinski definition) is 2. The normalized spacial score (nSPS) is 11.0. The molecule has 0 saturated carbocycles. The van der Waals surface area contributed by atoms with Crippen molar-refractivity contribution in [3.63, 3.8) is 0 Å². The topological polar surface area (TPSA) is 84.5 Å². The van der Waals surface area contributed by atoms with Gasteiger partial charge in [0.15, 0.2) is 0 Å². The van der Waals surface area contributed by atoms with Crippen LogP contribution in [0.1, 0.15) is 5.56 Å². The molecule has 0 radical (unpaired) electrons. The predicted molar refractivity (Wildman–Crippen MR) is 91.3 cm³/mol. The van der Waals surface area contributed by atoms with E-state index >= 15 is 0 Å². The Kier molecular flexibility index (Phi) is 6.34. The molecule has 2 rings (SSSR count). The number of amides is 1. The van der Waals surface area contributed by atoms with Gasteiger partial charge in [-0.2, -0.15) is 0 Å². The van der Waals surface area contributed by atoms with Gasteiger partial charge in [0.05, 0.1) is 13.7 Å². The van der Waals surface area contributed by atoms with Crippen molar-refractivity contribution in [3.05, 3.63) is 60.2 Å². The largest absolute Gasteiger partial charge is 0.495 e. The Morgan fingerprint density at radius 2 is 1.71 bits per heavy atom. The van der Waals surface area contributed by atoms with Crippen LogP contribution in [-0.4, -0.2) is 34.5 Å². The maximum Gasteiger partial charge on any atom is 0.244 e. The summed E-state index contributed by atoms with van der Waals surface area (Å²) in [6.07, 6.45) is 0.686. The van der Waals surface area contributed by atoms with Gasteiger partial charge in [0, 0.05) is 6.54 Å². The molecule has 0 aliphatic carbocycles. The summed E-state index contributed by atoms with van der Waals surface area (Å²) in [4.78, 5) is 11.8. The number of sulfonamides is 1. The van der Waals surface area contributed by atoms with E-state index in [-0.39, 0.29) is 23.1 Å². The molecule has 2 aromatic carbocycles. The maximum absolute atomic E-state index is 12.2. The van der Waals surface area contributed by atoms with Crippen molar-refractivity contribution < 1.29 is 17.9 Å². The lowest BCUT2D eigenvalue weighted by molar-refractivity contribution is -0.119. The molecular weight excluding hydrogens is 328 g/mol.